The highest BCUT2D eigenvalue weighted by Gasteiger charge is 2.22. The minimum atomic E-state index is -4.01. The maximum atomic E-state index is 11.3. The Morgan fingerprint density at radius 3 is 2.44 bits per heavy atom. The number of rotatable bonds is 4. The summed E-state index contributed by atoms with van der Waals surface area (Å²) in [6, 6.07) is 2.56. The van der Waals surface area contributed by atoms with Gasteiger partial charge in [-0.1, -0.05) is 23.2 Å². The average molecular weight is 306 g/mol. The van der Waals surface area contributed by atoms with Crippen molar-refractivity contribution in [3.8, 4) is 5.75 Å². The van der Waals surface area contributed by atoms with Crippen LogP contribution in [0.25, 0.3) is 0 Å². The van der Waals surface area contributed by atoms with Crippen LogP contribution in [0, 0.1) is 0 Å². The van der Waals surface area contributed by atoms with Crippen molar-refractivity contribution in [1.29, 1.82) is 0 Å². The minimum absolute atomic E-state index is 0.0469. The summed E-state index contributed by atoms with van der Waals surface area (Å²) in [6.45, 7) is -0.143. The highest BCUT2D eigenvalue weighted by atomic mass is 35.7. The zero-order chi connectivity index (χ0) is 12.3. The van der Waals surface area contributed by atoms with Crippen LogP contribution in [0.4, 0.5) is 0 Å². The molecular weight excluding hydrogens is 299 g/mol. The Hall–Kier alpha value is -0.200. The standard InChI is InChI=1S/C8H7Cl3O4S/c1-14-4-15-7-3-5(9)2-6(10)8(7)16(11,12)13/h2-3H,4H2,1H3. The molecule has 0 radical (unpaired) electrons. The second kappa shape index (κ2) is 5.42. The molecule has 0 fully saturated rings. The van der Waals surface area contributed by atoms with Crippen LogP contribution in [0.1, 0.15) is 0 Å². The summed E-state index contributed by atoms with van der Waals surface area (Å²) in [6.07, 6.45) is 0. The first-order valence-electron chi connectivity index (χ1n) is 3.91. The largest absolute Gasteiger partial charge is 0.466 e. The monoisotopic (exact) mass is 304 g/mol. The van der Waals surface area contributed by atoms with E-state index in [1.165, 1.54) is 19.2 Å². The van der Waals surface area contributed by atoms with Crippen LogP contribution in [-0.4, -0.2) is 22.3 Å². The molecule has 0 N–H and O–H groups in total. The van der Waals surface area contributed by atoms with E-state index in [0.717, 1.165) is 0 Å². The second-order valence-electron chi connectivity index (χ2n) is 2.70. The fourth-order valence-electron chi connectivity index (χ4n) is 1.00. The minimum Gasteiger partial charge on any atom is -0.466 e. The topological polar surface area (TPSA) is 52.6 Å². The number of benzene rings is 1. The molecule has 0 saturated heterocycles. The number of ether oxygens (including phenoxy) is 2. The normalized spacial score (nSPS) is 11.5. The Kier molecular flexibility index (Phi) is 4.70. The van der Waals surface area contributed by atoms with Gasteiger partial charge in [0.1, 0.15) is 10.6 Å². The summed E-state index contributed by atoms with van der Waals surface area (Å²) < 4.78 is 32.2. The van der Waals surface area contributed by atoms with E-state index in [1.807, 2.05) is 0 Å². The van der Waals surface area contributed by atoms with Crippen molar-refractivity contribution < 1.29 is 17.9 Å². The summed E-state index contributed by atoms with van der Waals surface area (Å²) in [5.74, 6) is -0.0469. The van der Waals surface area contributed by atoms with Gasteiger partial charge in [0.05, 0.1) is 5.02 Å². The highest BCUT2D eigenvalue weighted by molar-refractivity contribution is 8.14. The summed E-state index contributed by atoms with van der Waals surface area (Å²) in [4.78, 5) is -0.322. The lowest BCUT2D eigenvalue weighted by Crippen LogP contribution is -2.04. The molecule has 4 nitrogen and oxygen atoms in total. The Morgan fingerprint density at radius 1 is 1.31 bits per heavy atom. The van der Waals surface area contributed by atoms with Crippen molar-refractivity contribution in [3.63, 3.8) is 0 Å². The van der Waals surface area contributed by atoms with Crippen LogP contribution in [0.3, 0.4) is 0 Å². The molecule has 0 unspecified atom stereocenters. The maximum absolute atomic E-state index is 11.3. The van der Waals surface area contributed by atoms with Crippen molar-refractivity contribution in [2.45, 2.75) is 4.90 Å². The third-order valence-corrected chi connectivity index (χ3v) is 3.55. The van der Waals surface area contributed by atoms with Crippen molar-refractivity contribution in [1.82, 2.24) is 0 Å². The molecule has 1 aromatic carbocycles. The van der Waals surface area contributed by atoms with E-state index in [4.69, 9.17) is 38.6 Å². The fourth-order valence-corrected chi connectivity index (χ4v) is 3.03. The number of hydrogen-bond acceptors (Lipinski definition) is 4. The van der Waals surface area contributed by atoms with E-state index in [0.29, 0.717) is 0 Å². The first-order valence-corrected chi connectivity index (χ1v) is 6.98. The third kappa shape index (κ3) is 3.40. The molecule has 0 saturated carbocycles. The molecule has 1 aromatic rings. The Labute approximate surface area is 107 Å². The van der Waals surface area contributed by atoms with Crippen LogP contribution in [0.5, 0.6) is 5.75 Å². The fraction of sp³-hybridized carbons (Fsp3) is 0.250. The van der Waals surface area contributed by atoms with Gasteiger partial charge in [0.25, 0.3) is 9.05 Å². The predicted molar refractivity (Wildman–Crippen MR) is 62.0 cm³/mol. The lowest BCUT2D eigenvalue weighted by molar-refractivity contribution is 0.0491. The summed E-state index contributed by atoms with van der Waals surface area (Å²) in [7, 11) is 2.60. The Bertz CT molecular complexity index is 486. The SMILES string of the molecule is COCOc1cc(Cl)cc(Cl)c1S(=O)(=O)Cl. The molecule has 16 heavy (non-hydrogen) atoms. The third-order valence-electron chi connectivity index (χ3n) is 1.55. The smallest absolute Gasteiger partial charge is 0.266 e. The summed E-state index contributed by atoms with van der Waals surface area (Å²) in [5.41, 5.74) is 0. The van der Waals surface area contributed by atoms with Crippen molar-refractivity contribution in [2.24, 2.45) is 0 Å². The molecule has 0 aliphatic heterocycles. The zero-order valence-electron chi connectivity index (χ0n) is 8.04. The quantitative estimate of drug-likeness (QED) is 0.634. The van der Waals surface area contributed by atoms with Crippen LogP contribution in [0.15, 0.2) is 17.0 Å². The molecule has 0 atom stereocenters. The van der Waals surface area contributed by atoms with Crippen LogP contribution < -0.4 is 4.74 Å². The van der Waals surface area contributed by atoms with Crippen LogP contribution in [0.2, 0.25) is 10.0 Å². The molecule has 0 aliphatic carbocycles. The zero-order valence-corrected chi connectivity index (χ0v) is 11.1. The average Bonchev–Trinajstić information content (AvgIpc) is 2.10. The number of hydrogen-bond donors (Lipinski definition) is 0. The second-order valence-corrected chi connectivity index (χ2v) is 6.05. The van der Waals surface area contributed by atoms with E-state index < -0.39 is 9.05 Å². The first-order chi connectivity index (χ1) is 7.36. The van der Waals surface area contributed by atoms with E-state index in [1.54, 1.807) is 0 Å². The van der Waals surface area contributed by atoms with Gasteiger partial charge >= 0.3 is 0 Å². The van der Waals surface area contributed by atoms with Gasteiger partial charge in [-0.05, 0) is 6.07 Å². The molecular formula is C8H7Cl3O4S. The molecule has 0 spiro atoms. The van der Waals surface area contributed by atoms with Crippen LogP contribution in [-0.2, 0) is 13.8 Å². The summed E-state index contributed by atoms with van der Waals surface area (Å²) >= 11 is 11.4. The maximum Gasteiger partial charge on any atom is 0.266 e. The number of methoxy groups -OCH3 is 1. The van der Waals surface area contributed by atoms with Crippen molar-refractivity contribution in [2.75, 3.05) is 13.9 Å². The van der Waals surface area contributed by atoms with E-state index in [-0.39, 0.29) is 27.5 Å². The van der Waals surface area contributed by atoms with Gasteiger partial charge in [-0.3, -0.25) is 0 Å². The molecule has 0 aliphatic rings. The van der Waals surface area contributed by atoms with Gasteiger partial charge in [0, 0.05) is 28.9 Å². The molecule has 8 heteroatoms. The van der Waals surface area contributed by atoms with E-state index in [9.17, 15) is 8.42 Å². The highest BCUT2D eigenvalue weighted by Crippen LogP contribution is 2.36. The Balaban J connectivity index is 3.33. The van der Waals surface area contributed by atoms with Gasteiger partial charge < -0.3 is 9.47 Å². The number of halogens is 3. The molecule has 0 bridgehead atoms. The molecule has 1 rings (SSSR count). The van der Waals surface area contributed by atoms with Crippen molar-refractivity contribution >= 4 is 42.9 Å². The Morgan fingerprint density at radius 2 is 1.94 bits per heavy atom. The van der Waals surface area contributed by atoms with E-state index in [2.05, 4.69) is 4.74 Å². The van der Waals surface area contributed by atoms with Gasteiger partial charge in [-0.2, -0.15) is 0 Å². The predicted octanol–water partition coefficient (Wildman–Crippen LogP) is 2.90. The van der Waals surface area contributed by atoms with E-state index >= 15 is 0 Å². The van der Waals surface area contributed by atoms with Gasteiger partial charge in [0.15, 0.2) is 6.79 Å². The lowest BCUT2D eigenvalue weighted by atomic mass is 10.3. The summed E-state index contributed by atoms with van der Waals surface area (Å²) in [5, 5.41) is 0.133. The van der Waals surface area contributed by atoms with Crippen LogP contribution >= 0.6 is 33.9 Å². The lowest BCUT2D eigenvalue weighted by Gasteiger charge is -2.10. The van der Waals surface area contributed by atoms with Gasteiger partial charge in [-0.15, -0.1) is 0 Å². The molecule has 0 aromatic heterocycles. The molecule has 0 amide bonds. The molecule has 0 heterocycles. The van der Waals surface area contributed by atoms with Gasteiger partial charge in [0.2, 0.25) is 0 Å². The van der Waals surface area contributed by atoms with Crippen molar-refractivity contribution in [3.05, 3.63) is 22.2 Å². The first kappa shape index (κ1) is 13.9. The van der Waals surface area contributed by atoms with Gasteiger partial charge in [-0.25, -0.2) is 8.42 Å². The molecule has 90 valence electrons.